The van der Waals surface area contributed by atoms with Gasteiger partial charge in [-0.3, -0.25) is 9.78 Å². The Hall–Kier alpha value is -2.74. The summed E-state index contributed by atoms with van der Waals surface area (Å²) in [7, 11) is 0. The van der Waals surface area contributed by atoms with Gasteiger partial charge in [0.05, 0.1) is 5.25 Å². The lowest BCUT2D eigenvalue weighted by molar-refractivity contribution is -0.120. The van der Waals surface area contributed by atoms with Crippen molar-refractivity contribution >= 4 is 17.7 Å². The van der Waals surface area contributed by atoms with Gasteiger partial charge in [-0.25, -0.2) is 4.39 Å². The standard InChI is InChI=1S/C20H22FN5OS/c1-3-12-26-18(16-8-10-22-11-9-16)24-25-20(26)28-14(2)19(27)23-13-15-4-6-17(21)7-5-15/h4-11,14H,3,12-13H2,1-2H3,(H,23,27)/t14-/m1/s1. The monoisotopic (exact) mass is 399 g/mol. The van der Waals surface area contributed by atoms with Crippen molar-refractivity contribution in [3.8, 4) is 11.4 Å². The molecular weight excluding hydrogens is 377 g/mol. The summed E-state index contributed by atoms with van der Waals surface area (Å²) in [5.74, 6) is 0.371. The molecule has 0 unspecified atom stereocenters. The van der Waals surface area contributed by atoms with Crippen LogP contribution in [-0.2, 0) is 17.9 Å². The third-order valence-electron chi connectivity index (χ3n) is 4.13. The molecule has 6 nitrogen and oxygen atoms in total. The van der Waals surface area contributed by atoms with E-state index in [2.05, 4.69) is 27.4 Å². The number of halogens is 1. The zero-order valence-corrected chi connectivity index (χ0v) is 16.6. The molecular formula is C20H22FN5OS. The van der Waals surface area contributed by atoms with Crippen LogP contribution in [0.1, 0.15) is 25.8 Å². The molecule has 2 aromatic heterocycles. The Bertz CT molecular complexity index is 914. The number of pyridine rings is 1. The van der Waals surface area contributed by atoms with Crippen molar-refractivity contribution in [2.24, 2.45) is 0 Å². The molecule has 0 aliphatic heterocycles. The van der Waals surface area contributed by atoms with E-state index in [0.717, 1.165) is 29.9 Å². The molecule has 0 aliphatic carbocycles. The van der Waals surface area contributed by atoms with Gasteiger partial charge in [0.15, 0.2) is 11.0 Å². The maximum atomic E-state index is 13.0. The predicted molar refractivity (Wildman–Crippen MR) is 107 cm³/mol. The molecule has 146 valence electrons. The summed E-state index contributed by atoms with van der Waals surface area (Å²) in [6.45, 7) is 5.04. The van der Waals surface area contributed by atoms with E-state index in [1.54, 1.807) is 24.5 Å². The Balaban J connectivity index is 1.67. The number of amides is 1. The van der Waals surface area contributed by atoms with Crippen LogP contribution in [0.4, 0.5) is 4.39 Å². The molecule has 8 heteroatoms. The summed E-state index contributed by atoms with van der Waals surface area (Å²) >= 11 is 1.37. The largest absolute Gasteiger partial charge is 0.351 e. The summed E-state index contributed by atoms with van der Waals surface area (Å²) in [5, 5.41) is 11.9. The SMILES string of the molecule is CCCn1c(S[C@H](C)C(=O)NCc2ccc(F)cc2)nnc1-c1ccncc1. The zero-order chi connectivity index (χ0) is 19.9. The van der Waals surface area contributed by atoms with Crippen LogP contribution in [0, 0.1) is 5.82 Å². The first-order valence-corrected chi connectivity index (χ1v) is 9.99. The third kappa shape index (κ3) is 4.95. The van der Waals surface area contributed by atoms with E-state index in [1.165, 1.54) is 23.9 Å². The number of rotatable bonds is 8. The Morgan fingerprint density at radius 3 is 2.57 bits per heavy atom. The molecule has 0 spiro atoms. The van der Waals surface area contributed by atoms with E-state index in [9.17, 15) is 9.18 Å². The van der Waals surface area contributed by atoms with Gasteiger partial charge in [0.2, 0.25) is 5.91 Å². The number of carbonyl (C=O) groups excluding carboxylic acids is 1. The minimum absolute atomic E-state index is 0.106. The number of benzene rings is 1. The van der Waals surface area contributed by atoms with Crippen LogP contribution in [0.25, 0.3) is 11.4 Å². The second-order valence-corrected chi connectivity index (χ2v) is 7.61. The maximum Gasteiger partial charge on any atom is 0.233 e. The molecule has 1 atom stereocenters. The van der Waals surface area contributed by atoms with E-state index in [1.807, 2.05) is 23.6 Å². The van der Waals surface area contributed by atoms with Crippen LogP contribution < -0.4 is 5.32 Å². The molecule has 2 heterocycles. The van der Waals surface area contributed by atoms with Crippen molar-refractivity contribution < 1.29 is 9.18 Å². The second-order valence-electron chi connectivity index (χ2n) is 6.30. The van der Waals surface area contributed by atoms with Crippen LogP contribution in [0.3, 0.4) is 0 Å². The summed E-state index contributed by atoms with van der Waals surface area (Å²) in [6, 6.07) is 9.87. The normalized spacial score (nSPS) is 12.0. The minimum atomic E-state index is -0.342. The lowest BCUT2D eigenvalue weighted by Gasteiger charge is -2.13. The fourth-order valence-electron chi connectivity index (χ4n) is 2.66. The molecule has 1 aromatic carbocycles. The van der Waals surface area contributed by atoms with E-state index in [0.29, 0.717) is 11.7 Å². The highest BCUT2D eigenvalue weighted by Crippen LogP contribution is 2.27. The van der Waals surface area contributed by atoms with Crippen molar-refractivity contribution in [2.75, 3.05) is 0 Å². The Morgan fingerprint density at radius 1 is 1.18 bits per heavy atom. The van der Waals surface area contributed by atoms with Gasteiger partial charge in [-0.1, -0.05) is 30.8 Å². The lowest BCUT2D eigenvalue weighted by Crippen LogP contribution is -2.30. The topological polar surface area (TPSA) is 72.7 Å². The molecule has 0 saturated heterocycles. The van der Waals surface area contributed by atoms with Crippen molar-refractivity contribution in [3.05, 3.63) is 60.2 Å². The molecule has 0 fully saturated rings. The summed E-state index contributed by atoms with van der Waals surface area (Å²) in [6.07, 6.45) is 4.37. The summed E-state index contributed by atoms with van der Waals surface area (Å²) < 4.78 is 15.0. The number of thioether (sulfide) groups is 1. The number of nitrogens with one attached hydrogen (secondary N) is 1. The molecule has 28 heavy (non-hydrogen) atoms. The van der Waals surface area contributed by atoms with Gasteiger partial charge in [0.25, 0.3) is 0 Å². The van der Waals surface area contributed by atoms with Crippen molar-refractivity contribution in [1.29, 1.82) is 0 Å². The Morgan fingerprint density at radius 2 is 1.89 bits per heavy atom. The molecule has 3 aromatic rings. The first-order valence-electron chi connectivity index (χ1n) is 9.11. The third-order valence-corrected chi connectivity index (χ3v) is 5.21. The Kier molecular flexibility index (Phi) is 6.76. The van der Waals surface area contributed by atoms with Gasteiger partial charge >= 0.3 is 0 Å². The van der Waals surface area contributed by atoms with E-state index >= 15 is 0 Å². The highest BCUT2D eigenvalue weighted by molar-refractivity contribution is 8.00. The molecule has 1 amide bonds. The molecule has 0 saturated carbocycles. The van der Waals surface area contributed by atoms with Crippen LogP contribution in [0.5, 0.6) is 0 Å². The molecule has 3 rings (SSSR count). The van der Waals surface area contributed by atoms with Crippen LogP contribution in [0.2, 0.25) is 0 Å². The van der Waals surface area contributed by atoms with Gasteiger partial charge in [-0.2, -0.15) is 0 Å². The minimum Gasteiger partial charge on any atom is -0.351 e. The number of hydrogen-bond donors (Lipinski definition) is 1. The zero-order valence-electron chi connectivity index (χ0n) is 15.8. The Labute approximate surface area is 167 Å². The van der Waals surface area contributed by atoms with E-state index < -0.39 is 0 Å². The predicted octanol–water partition coefficient (Wildman–Crippen LogP) is 3.69. The average Bonchev–Trinajstić information content (AvgIpc) is 3.10. The van der Waals surface area contributed by atoms with Gasteiger partial charge in [0.1, 0.15) is 5.82 Å². The maximum absolute atomic E-state index is 13.0. The fourth-order valence-corrected chi connectivity index (χ4v) is 3.56. The number of aromatic nitrogens is 4. The van der Waals surface area contributed by atoms with Crippen LogP contribution in [0.15, 0.2) is 53.9 Å². The van der Waals surface area contributed by atoms with Crippen molar-refractivity contribution in [2.45, 2.75) is 43.8 Å². The fraction of sp³-hybridized carbons (Fsp3) is 0.300. The first kappa shape index (κ1) is 20.0. The van der Waals surface area contributed by atoms with E-state index in [4.69, 9.17) is 0 Å². The highest BCUT2D eigenvalue weighted by Gasteiger charge is 2.20. The van der Waals surface area contributed by atoms with Gasteiger partial charge < -0.3 is 9.88 Å². The van der Waals surface area contributed by atoms with Crippen LogP contribution >= 0.6 is 11.8 Å². The second kappa shape index (κ2) is 9.45. The van der Waals surface area contributed by atoms with Crippen molar-refractivity contribution in [1.82, 2.24) is 25.1 Å². The molecule has 0 aliphatic rings. The average molecular weight is 399 g/mol. The van der Waals surface area contributed by atoms with Gasteiger partial charge in [0, 0.05) is 31.0 Å². The van der Waals surface area contributed by atoms with Gasteiger partial charge in [-0.05, 0) is 43.2 Å². The molecule has 0 bridgehead atoms. The van der Waals surface area contributed by atoms with Crippen molar-refractivity contribution in [3.63, 3.8) is 0 Å². The summed E-state index contributed by atoms with van der Waals surface area (Å²) in [5.41, 5.74) is 1.79. The number of hydrogen-bond acceptors (Lipinski definition) is 5. The smallest absolute Gasteiger partial charge is 0.233 e. The molecule has 1 N–H and O–H groups in total. The van der Waals surface area contributed by atoms with Crippen LogP contribution in [-0.4, -0.2) is 30.9 Å². The first-order chi connectivity index (χ1) is 13.6. The highest BCUT2D eigenvalue weighted by atomic mass is 32.2. The number of carbonyl (C=O) groups is 1. The van der Waals surface area contributed by atoms with Gasteiger partial charge in [-0.15, -0.1) is 10.2 Å². The van der Waals surface area contributed by atoms with E-state index in [-0.39, 0.29) is 17.0 Å². The summed E-state index contributed by atoms with van der Waals surface area (Å²) in [4.78, 5) is 16.5. The molecule has 0 radical (unpaired) electrons. The quantitative estimate of drug-likeness (QED) is 0.585. The number of nitrogens with zero attached hydrogens (tertiary/aromatic N) is 4. The lowest BCUT2D eigenvalue weighted by atomic mass is 10.2.